The average Bonchev–Trinajstić information content (AvgIpc) is 2.37. The Kier molecular flexibility index (Phi) is 4.57. The normalized spacial score (nSPS) is 20.6. The van der Waals surface area contributed by atoms with E-state index in [1.54, 1.807) is 12.4 Å². The lowest BCUT2D eigenvalue weighted by atomic mass is 9.99. The van der Waals surface area contributed by atoms with E-state index < -0.39 is 0 Å². The monoisotopic (exact) mass is 255 g/mol. The second-order valence-electron chi connectivity index (χ2n) is 4.28. The van der Waals surface area contributed by atoms with E-state index in [4.69, 9.17) is 16.3 Å². The molecule has 1 aromatic heterocycles. The number of hydrogen-bond acceptors (Lipinski definition) is 4. The zero-order valence-electron chi connectivity index (χ0n) is 10.1. The quantitative estimate of drug-likeness (QED) is 0.828. The van der Waals surface area contributed by atoms with Gasteiger partial charge in [-0.2, -0.15) is 0 Å². The van der Waals surface area contributed by atoms with Crippen molar-refractivity contribution in [3.63, 3.8) is 0 Å². The molecule has 4 nitrogen and oxygen atoms in total. The van der Waals surface area contributed by atoms with Gasteiger partial charge in [0.1, 0.15) is 0 Å². The van der Waals surface area contributed by atoms with Crippen molar-refractivity contribution in [2.24, 2.45) is 5.92 Å². The Morgan fingerprint density at radius 3 is 3.06 bits per heavy atom. The number of anilines is 1. The van der Waals surface area contributed by atoms with Crippen LogP contribution in [0, 0.1) is 5.92 Å². The lowest BCUT2D eigenvalue weighted by molar-refractivity contribution is 0.104. The number of nitrogens with zero attached hydrogens (tertiary/aromatic N) is 3. The Hall–Kier alpha value is -0.870. The van der Waals surface area contributed by atoms with Gasteiger partial charge in [-0.05, 0) is 25.7 Å². The van der Waals surface area contributed by atoms with E-state index in [1.807, 2.05) is 6.92 Å². The van der Waals surface area contributed by atoms with Gasteiger partial charge in [0.25, 0.3) is 0 Å². The molecular weight excluding hydrogens is 238 g/mol. The summed E-state index contributed by atoms with van der Waals surface area (Å²) in [7, 11) is 0. The molecule has 0 unspecified atom stereocenters. The molecule has 0 aliphatic carbocycles. The zero-order valence-corrected chi connectivity index (χ0v) is 10.9. The van der Waals surface area contributed by atoms with Gasteiger partial charge in [0.05, 0.1) is 6.61 Å². The molecule has 2 heterocycles. The fourth-order valence-corrected chi connectivity index (χ4v) is 2.43. The predicted molar refractivity (Wildman–Crippen MR) is 68.5 cm³/mol. The number of piperidine rings is 1. The van der Waals surface area contributed by atoms with Crippen LogP contribution in [0.4, 0.5) is 5.82 Å². The van der Waals surface area contributed by atoms with E-state index in [0.29, 0.717) is 11.1 Å². The van der Waals surface area contributed by atoms with E-state index >= 15 is 0 Å². The minimum atomic E-state index is 0.490. The first kappa shape index (κ1) is 12.6. The third-order valence-corrected chi connectivity index (χ3v) is 3.28. The Morgan fingerprint density at radius 1 is 1.47 bits per heavy atom. The number of ether oxygens (including phenoxy) is 1. The van der Waals surface area contributed by atoms with Gasteiger partial charge >= 0.3 is 0 Å². The maximum Gasteiger partial charge on any atom is 0.171 e. The number of aromatic nitrogens is 2. The van der Waals surface area contributed by atoms with Gasteiger partial charge in [-0.15, -0.1) is 0 Å². The highest BCUT2D eigenvalue weighted by molar-refractivity contribution is 6.31. The molecule has 0 aromatic carbocycles. The molecule has 0 bridgehead atoms. The van der Waals surface area contributed by atoms with E-state index in [9.17, 15) is 0 Å². The van der Waals surface area contributed by atoms with Crippen LogP contribution in [0.2, 0.25) is 5.15 Å². The summed E-state index contributed by atoms with van der Waals surface area (Å²) < 4.78 is 5.49. The fraction of sp³-hybridized carbons (Fsp3) is 0.667. The fourth-order valence-electron chi connectivity index (χ4n) is 2.20. The third kappa shape index (κ3) is 3.30. The molecule has 2 rings (SSSR count). The Bertz CT molecular complexity index is 361. The topological polar surface area (TPSA) is 38.2 Å². The van der Waals surface area contributed by atoms with Crippen LogP contribution >= 0.6 is 11.6 Å². The van der Waals surface area contributed by atoms with Crippen LogP contribution in [0.1, 0.15) is 19.8 Å². The van der Waals surface area contributed by atoms with Crippen LogP contribution in [0.25, 0.3) is 0 Å². The molecule has 0 amide bonds. The third-order valence-electron chi connectivity index (χ3n) is 3.01. The standard InChI is InChI=1S/C12H18ClN3O/c1-2-17-9-10-4-3-7-16(8-10)12-11(13)14-5-6-15-12/h5-6,10H,2-4,7-9H2,1H3/t10-/m1/s1. The Morgan fingerprint density at radius 2 is 2.29 bits per heavy atom. The van der Waals surface area contributed by atoms with Gasteiger partial charge in [0.2, 0.25) is 0 Å². The lowest BCUT2D eigenvalue weighted by Gasteiger charge is -2.33. The van der Waals surface area contributed by atoms with Gasteiger partial charge < -0.3 is 9.64 Å². The molecule has 0 saturated carbocycles. The number of rotatable bonds is 4. The minimum absolute atomic E-state index is 0.490. The molecule has 94 valence electrons. The number of halogens is 1. The first-order valence-electron chi connectivity index (χ1n) is 6.10. The molecule has 0 N–H and O–H groups in total. The van der Waals surface area contributed by atoms with Crippen molar-refractivity contribution in [1.29, 1.82) is 0 Å². The summed E-state index contributed by atoms with van der Waals surface area (Å²) in [5, 5.41) is 0.490. The highest BCUT2D eigenvalue weighted by Gasteiger charge is 2.22. The summed E-state index contributed by atoms with van der Waals surface area (Å²) in [6.07, 6.45) is 5.68. The second kappa shape index (κ2) is 6.17. The molecule has 5 heteroatoms. The highest BCUT2D eigenvalue weighted by atomic mass is 35.5. The van der Waals surface area contributed by atoms with E-state index in [0.717, 1.165) is 38.5 Å². The number of hydrogen-bond donors (Lipinski definition) is 0. The molecule has 0 radical (unpaired) electrons. The average molecular weight is 256 g/mol. The SMILES string of the molecule is CCOC[C@@H]1CCCN(c2nccnc2Cl)C1. The van der Waals surface area contributed by atoms with Crippen molar-refractivity contribution in [3.8, 4) is 0 Å². The van der Waals surface area contributed by atoms with Gasteiger partial charge in [0, 0.05) is 32.1 Å². The van der Waals surface area contributed by atoms with Gasteiger partial charge in [-0.25, -0.2) is 9.97 Å². The zero-order chi connectivity index (χ0) is 12.1. The van der Waals surface area contributed by atoms with Crippen LogP contribution in [0.5, 0.6) is 0 Å². The van der Waals surface area contributed by atoms with E-state index in [2.05, 4.69) is 14.9 Å². The van der Waals surface area contributed by atoms with Crippen molar-refractivity contribution in [2.75, 3.05) is 31.2 Å². The molecule has 1 fully saturated rings. The van der Waals surface area contributed by atoms with Crippen LogP contribution in [0.3, 0.4) is 0 Å². The van der Waals surface area contributed by atoms with Crippen molar-refractivity contribution >= 4 is 17.4 Å². The summed E-state index contributed by atoms with van der Waals surface area (Å²) >= 11 is 6.06. The van der Waals surface area contributed by atoms with Crippen molar-refractivity contribution < 1.29 is 4.74 Å². The van der Waals surface area contributed by atoms with Gasteiger partial charge in [0.15, 0.2) is 11.0 Å². The maximum absolute atomic E-state index is 6.06. The first-order chi connectivity index (χ1) is 8.31. The first-order valence-corrected chi connectivity index (χ1v) is 6.48. The molecule has 1 aliphatic rings. The summed E-state index contributed by atoms with van der Waals surface area (Å²) in [5.41, 5.74) is 0. The summed E-state index contributed by atoms with van der Waals surface area (Å²) in [4.78, 5) is 10.6. The summed E-state index contributed by atoms with van der Waals surface area (Å²) in [6, 6.07) is 0. The predicted octanol–water partition coefficient (Wildman–Crippen LogP) is 2.38. The molecular formula is C12H18ClN3O. The summed E-state index contributed by atoms with van der Waals surface area (Å²) in [6.45, 7) is 5.59. The van der Waals surface area contributed by atoms with Crippen LogP contribution in [-0.2, 0) is 4.74 Å². The van der Waals surface area contributed by atoms with Crippen LogP contribution in [0.15, 0.2) is 12.4 Å². The largest absolute Gasteiger partial charge is 0.381 e. The Labute approximate surface area is 107 Å². The van der Waals surface area contributed by atoms with E-state index in [-0.39, 0.29) is 0 Å². The molecule has 1 saturated heterocycles. The summed E-state index contributed by atoms with van der Waals surface area (Å²) in [5.74, 6) is 1.37. The molecule has 1 aromatic rings. The maximum atomic E-state index is 6.06. The molecule has 1 atom stereocenters. The van der Waals surface area contributed by atoms with Crippen LogP contribution < -0.4 is 4.90 Å². The lowest BCUT2D eigenvalue weighted by Crippen LogP contribution is -2.38. The second-order valence-corrected chi connectivity index (χ2v) is 4.64. The smallest absolute Gasteiger partial charge is 0.171 e. The molecule has 1 aliphatic heterocycles. The van der Waals surface area contributed by atoms with E-state index in [1.165, 1.54) is 6.42 Å². The van der Waals surface area contributed by atoms with Crippen molar-refractivity contribution in [3.05, 3.63) is 17.5 Å². The molecule has 0 spiro atoms. The Balaban J connectivity index is 1.99. The van der Waals surface area contributed by atoms with Crippen molar-refractivity contribution in [2.45, 2.75) is 19.8 Å². The van der Waals surface area contributed by atoms with Gasteiger partial charge in [-0.3, -0.25) is 0 Å². The molecule has 17 heavy (non-hydrogen) atoms. The van der Waals surface area contributed by atoms with Gasteiger partial charge in [-0.1, -0.05) is 11.6 Å². The van der Waals surface area contributed by atoms with Crippen molar-refractivity contribution in [1.82, 2.24) is 9.97 Å². The minimum Gasteiger partial charge on any atom is -0.381 e. The highest BCUT2D eigenvalue weighted by Crippen LogP contribution is 2.25. The van der Waals surface area contributed by atoms with Crippen LogP contribution in [-0.4, -0.2) is 36.3 Å².